The van der Waals surface area contributed by atoms with Gasteiger partial charge in [-0.3, -0.25) is 9.59 Å². The van der Waals surface area contributed by atoms with Crippen molar-refractivity contribution < 1.29 is 22.7 Å². The molecule has 0 aromatic carbocycles. The number of hydrogen-bond acceptors (Lipinski definition) is 4. The van der Waals surface area contributed by atoms with Crippen molar-refractivity contribution in [2.45, 2.75) is 12.7 Å². The molecule has 0 fully saturated rings. The van der Waals surface area contributed by atoms with Gasteiger partial charge in [-0.2, -0.15) is 13.2 Å². The van der Waals surface area contributed by atoms with E-state index in [-0.39, 0.29) is 25.3 Å². The van der Waals surface area contributed by atoms with Crippen molar-refractivity contribution in [1.29, 1.82) is 0 Å². The van der Waals surface area contributed by atoms with E-state index in [4.69, 9.17) is 4.74 Å². The van der Waals surface area contributed by atoms with Crippen LogP contribution < -0.4 is 5.56 Å². The first-order valence-corrected chi connectivity index (χ1v) is 7.82. The lowest BCUT2D eigenvalue weighted by atomic mass is 10.2. The predicted octanol–water partition coefficient (Wildman–Crippen LogP) is 2.74. The highest BCUT2D eigenvalue weighted by Crippen LogP contribution is 2.26. The molecule has 0 radical (unpaired) electrons. The fraction of sp³-hybridized carbons (Fsp3) is 0.333. The average Bonchev–Trinajstić information content (AvgIpc) is 3.02. The summed E-state index contributed by atoms with van der Waals surface area (Å²) in [7, 11) is 1.47. The van der Waals surface area contributed by atoms with Crippen LogP contribution in [0.5, 0.6) is 0 Å². The maximum absolute atomic E-state index is 12.6. The highest BCUT2D eigenvalue weighted by Gasteiger charge is 2.32. The Hall–Kier alpha value is -2.13. The summed E-state index contributed by atoms with van der Waals surface area (Å²) in [4.78, 5) is 28.4. The van der Waals surface area contributed by atoms with Crippen LogP contribution >= 0.6 is 11.3 Å². The molecular formula is C15H15F3N2O3S. The molecule has 5 nitrogen and oxygen atoms in total. The monoisotopic (exact) mass is 360 g/mol. The Bertz CT molecular complexity index is 741. The van der Waals surface area contributed by atoms with Gasteiger partial charge in [-0.25, -0.2) is 0 Å². The van der Waals surface area contributed by atoms with Crippen molar-refractivity contribution in [1.82, 2.24) is 9.88 Å². The molecule has 0 aliphatic carbocycles. The Labute approximate surface area is 139 Å². The molecule has 0 saturated heterocycles. The van der Waals surface area contributed by atoms with Crippen LogP contribution in [0, 0.1) is 0 Å². The fourth-order valence-corrected chi connectivity index (χ4v) is 2.74. The second-order valence-corrected chi connectivity index (χ2v) is 5.94. The minimum atomic E-state index is -4.67. The van der Waals surface area contributed by atoms with Gasteiger partial charge in [0.1, 0.15) is 11.3 Å². The number of methoxy groups -OCH3 is 1. The molecule has 0 saturated carbocycles. The van der Waals surface area contributed by atoms with Gasteiger partial charge in [0.25, 0.3) is 11.5 Å². The molecule has 1 N–H and O–H groups in total. The lowest BCUT2D eigenvalue weighted by Crippen LogP contribution is -2.36. The molecule has 9 heteroatoms. The van der Waals surface area contributed by atoms with E-state index in [0.717, 1.165) is 10.9 Å². The van der Waals surface area contributed by atoms with E-state index in [2.05, 4.69) is 0 Å². The second-order valence-electron chi connectivity index (χ2n) is 4.91. The van der Waals surface area contributed by atoms with E-state index < -0.39 is 23.3 Å². The van der Waals surface area contributed by atoms with Gasteiger partial charge in [0, 0.05) is 18.5 Å². The van der Waals surface area contributed by atoms with Crippen LogP contribution in [-0.2, 0) is 17.5 Å². The topological polar surface area (TPSA) is 62.4 Å². The van der Waals surface area contributed by atoms with Crippen molar-refractivity contribution in [2.75, 3.05) is 20.3 Å². The molecule has 2 aromatic rings. The third kappa shape index (κ3) is 4.45. The molecule has 24 heavy (non-hydrogen) atoms. The number of aromatic amines is 1. The minimum absolute atomic E-state index is 0.216. The van der Waals surface area contributed by atoms with Gasteiger partial charge in [0.15, 0.2) is 0 Å². The van der Waals surface area contributed by atoms with Crippen LogP contribution in [0.2, 0.25) is 0 Å². The van der Waals surface area contributed by atoms with Crippen LogP contribution in [0.25, 0.3) is 0 Å². The zero-order valence-corrected chi connectivity index (χ0v) is 13.5. The molecule has 0 aliphatic rings. The molecule has 130 valence electrons. The fourth-order valence-electron chi connectivity index (χ4n) is 2.02. The second kappa shape index (κ2) is 7.63. The highest BCUT2D eigenvalue weighted by molar-refractivity contribution is 7.09. The number of pyridine rings is 1. The van der Waals surface area contributed by atoms with Gasteiger partial charge in [-0.15, -0.1) is 11.3 Å². The number of carbonyl (C=O) groups excluding carboxylic acids is 1. The van der Waals surface area contributed by atoms with Gasteiger partial charge in [0.2, 0.25) is 0 Å². The van der Waals surface area contributed by atoms with Crippen molar-refractivity contribution in [3.8, 4) is 0 Å². The first kappa shape index (κ1) is 18.2. The normalized spacial score (nSPS) is 11.5. The molecule has 0 spiro atoms. The standard InChI is InChI=1S/C15H15F3N2O3S/c1-23-7-6-20(9-10-3-2-8-24-10)14(22)11-4-5-12(15(16,17)18)19-13(11)21/h2-5,8H,6-7,9H2,1H3,(H,19,21). The highest BCUT2D eigenvalue weighted by atomic mass is 32.1. The summed E-state index contributed by atoms with van der Waals surface area (Å²) < 4.78 is 42.7. The Morgan fingerprint density at radius 2 is 2.08 bits per heavy atom. The van der Waals surface area contributed by atoms with Crippen molar-refractivity contribution in [2.24, 2.45) is 0 Å². The maximum atomic E-state index is 12.6. The number of amides is 1. The summed E-state index contributed by atoms with van der Waals surface area (Å²) in [6, 6.07) is 5.24. The average molecular weight is 360 g/mol. The van der Waals surface area contributed by atoms with Crippen LogP contribution in [0.4, 0.5) is 13.2 Å². The van der Waals surface area contributed by atoms with Gasteiger partial charge >= 0.3 is 6.18 Å². The van der Waals surface area contributed by atoms with Crippen molar-refractivity contribution in [3.05, 3.63) is 56.1 Å². The van der Waals surface area contributed by atoms with Crippen LogP contribution in [0.1, 0.15) is 20.9 Å². The zero-order chi connectivity index (χ0) is 17.7. The van der Waals surface area contributed by atoms with E-state index in [9.17, 15) is 22.8 Å². The van der Waals surface area contributed by atoms with E-state index >= 15 is 0 Å². The van der Waals surface area contributed by atoms with Crippen molar-refractivity contribution >= 4 is 17.2 Å². The molecule has 2 rings (SSSR count). The van der Waals surface area contributed by atoms with Gasteiger partial charge in [0.05, 0.1) is 13.2 Å². The number of aromatic nitrogens is 1. The zero-order valence-electron chi connectivity index (χ0n) is 12.7. The summed E-state index contributed by atoms with van der Waals surface area (Å²) in [6.45, 7) is 0.712. The smallest absolute Gasteiger partial charge is 0.383 e. The number of H-pyrrole nitrogens is 1. The lowest BCUT2D eigenvalue weighted by Gasteiger charge is -2.21. The van der Waals surface area contributed by atoms with Gasteiger partial charge < -0.3 is 14.6 Å². The molecule has 0 atom stereocenters. The van der Waals surface area contributed by atoms with Crippen LogP contribution in [-0.4, -0.2) is 36.1 Å². The Morgan fingerprint density at radius 3 is 2.62 bits per heavy atom. The van der Waals surface area contributed by atoms with Crippen molar-refractivity contribution in [3.63, 3.8) is 0 Å². The van der Waals surface area contributed by atoms with E-state index in [1.807, 2.05) is 17.5 Å². The number of nitrogens with zero attached hydrogens (tertiary/aromatic N) is 1. The number of rotatable bonds is 6. The Balaban J connectivity index is 2.26. The maximum Gasteiger partial charge on any atom is 0.431 e. The number of nitrogens with one attached hydrogen (secondary N) is 1. The summed E-state index contributed by atoms with van der Waals surface area (Å²) in [6.07, 6.45) is -4.67. The molecule has 0 aliphatic heterocycles. The van der Waals surface area contributed by atoms with E-state index in [1.165, 1.54) is 23.3 Å². The first-order valence-electron chi connectivity index (χ1n) is 6.94. The van der Waals surface area contributed by atoms with E-state index in [0.29, 0.717) is 6.07 Å². The van der Waals surface area contributed by atoms with Crippen LogP contribution in [0.3, 0.4) is 0 Å². The number of alkyl halides is 3. The number of hydrogen-bond donors (Lipinski definition) is 1. The molecule has 2 aromatic heterocycles. The quantitative estimate of drug-likeness (QED) is 0.862. The number of carbonyl (C=O) groups is 1. The molecule has 1 amide bonds. The largest absolute Gasteiger partial charge is 0.431 e. The third-order valence-corrected chi connectivity index (χ3v) is 4.09. The number of halogens is 3. The molecule has 0 bridgehead atoms. The lowest BCUT2D eigenvalue weighted by molar-refractivity contribution is -0.141. The summed E-state index contributed by atoms with van der Waals surface area (Å²) in [5.74, 6) is -0.643. The van der Waals surface area contributed by atoms with E-state index in [1.54, 1.807) is 4.98 Å². The molecule has 2 heterocycles. The van der Waals surface area contributed by atoms with Gasteiger partial charge in [-0.1, -0.05) is 6.07 Å². The summed E-state index contributed by atoms with van der Waals surface area (Å²) >= 11 is 1.44. The summed E-state index contributed by atoms with van der Waals surface area (Å²) in [5.41, 5.74) is -2.59. The molecular weight excluding hydrogens is 345 g/mol. The number of thiophene rings is 1. The Kier molecular flexibility index (Phi) is 5.79. The third-order valence-electron chi connectivity index (χ3n) is 3.22. The van der Waals surface area contributed by atoms with Crippen LogP contribution in [0.15, 0.2) is 34.4 Å². The SMILES string of the molecule is COCCN(Cc1cccs1)C(=O)c1ccc(C(F)(F)F)[nH]c1=O. The number of ether oxygens (including phenoxy) is 1. The van der Waals surface area contributed by atoms with Gasteiger partial charge in [-0.05, 0) is 23.6 Å². The predicted molar refractivity (Wildman–Crippen MR) is 83.0 cm³/mol. The Morgan fingerprint density at radius 1 is 1.33 bits per heavy atom. The molecule has 0 unspecified atom stereocenters. The first-order chi connectivity index (χ1) is 11.3. The minimum Gasteiger partial charge on any atom is -0.383 e. The summed E-state index contributed by atoms with van der Waals surface area (Å²) in [5, 5.41) is 1.85.